The van der Waals surface area contributed by atoms with Crippen molar-refractivity contribution in [1.82, 2.24) is 9.13 Å². The second-order valence-electron chi connectivity index (χ2n) is 11.8. The molecule has 3 nitrogen and oxygen atoms in total. The average Bonchev–Trinajstić information content (AvgIpc) is 3.96. The fourth-order valence-electron chi connectivity index (χ4n) is 6.94. The van der Waals surface area contributed by atoms with Crippen LogP contribution in [-0.4, -0.2) is 9.13 Å². The summed E-state index contributed by atoms with van der Waals surface area (Å²) in [4.78, 5) is 2.38. The van der Waals surface area contributed by atoms with Gasteiger partial charge in [-0.05, 0) is 77.2 Å². The number of thiophene rings is 3. The van der Waals surface area contributed by atoms with E-state index in [0.717, 1.165) is 11.4 Å². The van der Waals surface area contributed by atoms with Gasteiger partial charge in [-0.1, -0.05) is 97.1 Å². The first-order valence-corrected chi connectivity index (χ1v) is 18.4. The molecule has 5 aromatic heterocycles. The van der Waals surface area contributed by atoms with Crippen LogP contribution in [0.1, 0.15) is 0 Å². The summed E-state index contributed by atoms with van der Waals surface area (Å²) >= 11 is 5.65. The zero-order chi connectivity index (χ0) is 31.6. The van der Waals surface area contributed by atoms with Gasteiger partial charge in [0.2, 0.25) is 0 Å². The number of para-hydroxylation sites is 3. The molecule has 10 aromatic rings. The molecule has 228 valence electrons. The van der Waals surface area contributed by atoms with Crippen LogP contribution < -0.4 is 4.90 Å². The zero-order valence-electron chi connectivity index (χ0n) is 25.7. The first-order chi connectivity index (χ1) is 23.8. The Bertz CT molecular complexity index is 2660. The third-order valence-corrected chi connectivity index (χ3v) is 12.5. The average molecular weight is 670 g/mol. The molecule has 10 rings (SSSR count). The summed E-state index contributed by atoms with van der Waals surface area (Å²) in [5.41, 5.74) is 12.2. The molecule has 0 fully saturated rings. The predicted molar refractivity (Wildman–Crippen MR) is 209 cm³/mol. The molecule has 0 saturated carbocycles. The summed E-state index contributed by atoms with van der Waals surface area (Å²) in [6.45, 7) is 0. The second kappa shape index (κ2) is 11.1. The third-order valence-electron chi connectivity index (χ3n) is 9.04. The van der Waals surface area contributed by atoms with E-state index in [0.29, 0.717) is 0 Å². The van der Waals surface area contributed by atoms with Crippen molar-refractivity contribution in [2.45, 2.75) is 0 Å². The Hall–Kier alpha value is -5.40. The predicted octanol–water partition coefficient (Wildman–Crippen LogP) is 13.2. The minimum atomic E-state index is 1.15. The van der Waals surface area contributed by atoms with Crippen molar-refractivity contribution in [3.05, 3.63) is 163 Å². The van der Waals surface area contributed by atoms with Crippen molar-refractivity contribution in [2.24, 2.45) is 0 Å². The third kappa shape index (κ3) is 4.24. The SMILES string of the molecule is c1ccc(-c2ccc(-n3c4ccsc4c4sc5c6sc(N(c7ccccc7)c7ccccc7)cc6n(-c6ccccc6)c5c43)cc2)cc1. The molecule has 0 radical (unpaired) electrons. The van der Waals surface area contributed by atoms with E-state index in [2.05, 4.69) is 177 Å². The van der Waals surface area contributed by atoms with E-state index >= 15 is 0 Å². The molecule has 5 aromatic carbocycles. The number of anilines is 3. The summed E-state index contributed by atoms with van der Waals surface area (Å²) in [6.07, 6.45) is 0. The van der Waals surface area contributed by atoms with Gasteiger partial charge in [0.15, 0.2) is 0 Å². The van der Waals surface area contributed by atoms with Crippen LogP contribution in [0.4, 0.5) is 16.4 Å². The van der Waals surface area contributed by atoms with Crippen molar-refractivity contribution in [2.75, 3.05) is 4.90 Å². The van der Waals surface area contributed by atoms with Gasteiger partial charge in [-0.15, -0.1) is 34.0 Å². The highest BCUT2D eigenvalue weighted by Crippen LogP contribution is 2.52. The standard InChI is InChI=1S/C42H27N3S3/c1-5-13-28(14-6-1)29-21-23-33(24-22-29)44-34-25-26-46-39(34)41-37(44)38-42(48-41)40-35(45(38)32-19-11-4-12-20-32)27-36(47-40)43(30-15-7-2-8-16-30)31-17-9-3-10-18-31/h1-27H. The smallest absolute Gasteiger partial charge is 0.103 e. The lowest BCUT2D eigenvalue weighted by atomic mass is 10.1. The first-order valence-electron chi connectivity index (χ1n) is 15.9. The van der Waals surface area contributed by atoms with E-state index in [1.807, 2.05) is 34.0 Å². The molecule has 48 heavy (non-hydrogen) atoms. The summed E-state index contributed by atoms with van der Waals surface area (Å²) in [5.74, 6) is 0. The van der Waals surface area contributed by atoms with Gasteiger partial charge in [-0.3, -0.25) is 0 Å². The van der Waals surface area contributed by atoms with E-state index in [-0.39, 0.29) is 0 Å². The Morgan fingerprint density at radius 2 is 0.938 bits per heavy atom. The fraction of sp³-hybridized carbons (Fsp3) is 0. The maximum Gasteiger partial charge on any atom is 0.103 e. The largest absolute Gasteiger partial charge is 0.306 e. The van der Waals surface area contributed by atoms with Crippen LogP contribution >= 0.6 is 34.0 Å². The summed E-state index contributed by atoms with van der Waals surface area (Å²) < 4.78 is 10.3. The Morgan fingerprint density at radius 3 is 1.58 bits per heavy atom. The van der Waals surface area contributed by atoms with Crippen molar-refractivity contribution in [3.8, 4) is 22.5 Å². The molecule has 0 unspecified atom stereocenters. The molecule has 0 spiro atoms. The molecule has 0 aliphatic carbocycles. The molecule has 0 amide bonds. The molecule has 0 N–H and O–H groups in total. The van der Waals surface area contributed by atoms with Gasteiger partial charge in [0.25, 0.3) is 0 Å². The highest BCUT2D eigenvalue weighted by Gasteiger charge is 2.27. The normalized spacial score (nSPS) is 11.8. The molecular weight excluding hydrogens is 643 g/mol. The van der Waals surface area contributed by atoms with E-state index in [4.69, 9.17) is 0 Å². The van der Waals surface area contributed by atoms with Gasteiger partial charge < -0.3 is 14.0 Å². The minimum absolute atomic E-state index is 1.15. The number of nitrogens with zero attached hydrogens (tertiary/aromatic N) is 3. The fourth-order valence-corrected chi connectivity index (χ4v) is 10.6. The Balaban J connectivity index is 1.25. The van der Waals surface area contributed by atoms with Gasteiger partial charge in [0, 0.05) is 22.7 Å². The molecule has 0 aliphatic heterocycles. The van der Waals surface area contributed by atoms with E-state index in [1.165, 1.54) is 68.4 Å². The molecule has 0 saturated heterocycles. The van der Waals surface area contributed by atoms with Gasteiger partial charge >= 0.3 is 0 Å². The lowest BCUT2D eigenvalue weighted by Crippen LogP contribution is -2.07. The Labute approximate surface area is 289 Å². The van der Waals surface area contributed by atoms with Crippen molar-refractivity contribution >= 4 is 91.3 Å². The quantitative estimate of drug-likeness (QED) is 0.172. The monoisotopic (exact) mass is 669 g/mol. The van der Waals surface area contributed by atoms with Crippen molar-refractivity contribution in [1.29, 1.82) is 0 Å². The van der Waals surface area contributed by atoms with Crippen LogP contribution in [0.25, 0.3) is 63.4 Å². The number of hydrogen-bond acceptors (Lipinski definition) is 4. The number of rotatable bonds is 6. The molecule has 0 aliphatic rings. The van der Waals surface area contributed by atoms with Crippen LogP contribution in [0.2, 0.25) is 0 Å². The molecule has 6 heteroatoms. The Morgan fingerprint density at radius 1 is 0.417 bits per heavy atom. The van der Waals surface area contributed by atoms with Crippen LogP contribution in [0.15, 0.2) is 163 Å². The van der Waals surface area contributed by atoms with Crippen LogP contribution in [-0.2, 0) is 0 Å². The molecule has 0 atom stereocenters. The van der Waals surface area contributed by atoms with E-state index in [9.17, 15) is 0 Å². The highest BCUT2D eigenvalue weighted by atomic mass is 32.1. The van der Waals surface area contributed by atoms with E-state index in [1.54, 1.807) is 0 Å². The molecule has 5 heterocycles. The maximum absolute atomic E-state index is 2.50. The topological polar surface area (TPSA) is 13.1 Å². The van der Waals surface area contributed by atoms with Gasteiger partial charge in [-0.2, -0.15) is 0 Å². The highest BCUT2D eigenvalue weighted by molar-refractivity contribution is 7.34. The van der Waals surface area contributed by atoms with Crippen LogP contribution in [0, 0.1) is 0 Å². The van der Waals surface area contributed by atoms with Gasteiger partial charge in [-0.25, -0.2) is 0 Å². The first kappa shape index (κ1) is 27.7. The van der Waals surface area contributed by atoms with Crippen molar-refractivity contribution < 1.29 is 0 Å². The zero-order valence-corrected chi connectivity index (χ0v) is 28.1. The van der Waals surface area contributed by atoms with Crippen LogP contribution in [0.5, 0.6) is 0 Å². The number of aromatic nitrogens is 2. The summed E-state index contributed by atoms with van der Waals surface area (Å²) in [5, 5.41) is 3.42. The summed E-state index contributed by atoms with van der Waals surface area (Å²) in [7, 11) is 0. The number of hydrogen-bond donors (Lipinski definition) is 0. The second-order valence-corrected chi connectivity index (χ2v) is 14.8. The van der Waals surface area contributed by atoms with Crippen molar-refractivity contribution in [3.63, 3.8) is 0 Å². The molecule has 0 bridgehead atoms. The Kier molecular flexibility index (Phi) is 6.40. The lowest BCUT2D eigenvalue weighted by Gasteiger charge is -2.23. The number of fused-ring (bicyclic) bond motifs is 7. The summed E-state index contributed by atoms with van der Waals surface area (Å²) in [6, 6.07) is 56.6. The maximum atomic E-state index is 2.50. The minimum Gasteiger partial charge on any atom is -0.306 e. The van der Waals surface area contributed by atoms with Gasteiger partial charge in [0.05, 0.1) is 40.9 Å². The van der Waals surface area contributed by atoms with E-state index < -0.39 is 0 Å². The van der Waals surface area contributed by atoms with Crippen LogP contribution in [0.3, 0.4) is 0 Å². The lowest BCUT2D eigenvalue weighted by molar-refractivity contribution is 1.15. The van der Waals surface area contributed by atoms with Gasteiger partial charge in [0.1, 0.15) is 5.00 Å². The molecular formula is C42H27N3S3. The number of benzene rings is 5.